The Morgan fingerprint density at radius 2 is 1.81 bits per heavy atom. The summed E-state index contributed by atoms with van der Waals surface area (Å²) in [6, 6.07) is 0. The Bertz CT molecular complexity index is 189. The van der Waals surface area contributed by atoms with Crippen molar-refractivity contribution in [3.05, 3.63) is 12.7 Å². The molecule has 0 spiro atoms. The maximum absolute atomic E-state index is 11.6. The highest BCUT2D eigenvalue weighted by Crippen LogP contribution is 2.13. The van der Waals surface area contributed by atoms with Crippen LogP contribution in [-0.4, -0.2) is 12.5 Å². The molecule has 0 saturated heterocycles. The van der Waals surface area contributed by atoms with Crippen LogP contribution in [0.2, 0.25) is 0 Å². The number of carbonyl (C=O) groups is 1. The topological polar surface area (TPSA) is 29.1 Å². The van der Waals surface area contributed by atoms with Gasteiger partial charge in [-0.2, -0.15) is 0 Å². The number of unbranched alkanes of at least 4 members (excludes halogenated alkanes) is 5. The van der Waals surface area contributed by atoms with Gasteiger partial charge in [0, 0.05) is 6.54 Å². The third-order valence-corrected chi connectivity index (χ3v) is 2.84. The maximum Gasteiger partial charge on any atom is 0.226 e. The molecule has 2 heteroatoms. The standard InChI is InChI=1S/C14H27NO/c1-4-7-8-9-10-11-12-13(5-2)14(16)15-6-3/h5,13H,2,4,6-12H2,1,3H3,(H,15,16). The SMILES string of the molecule is C=CC(CCCCCCCC)C(=O)NCC. The third kappa shape index (κ3) is 7.49. The largest absolute Gasteiger partial charge is 0.356 e. The lowest BCUT2D eigenvalue weighted by Gasteiger charge is -2.11. The van der Waals surface area contributed by atoms with Gasteiger partial charge in [0.1, 0.15) is 0 Å². The molecular weight excluding hydrogens is 198 g/mol. The van der Waals surface area contributed by atoms with E-state index >= 15 is 0 Å². The van der Waals surface area contributed by atoms with Gasteiger partial charge in [-0.3, -0.25) is 4.79 Å². The van der Waals surface area contributed by atoms with E-state index < -0.39 is 0 Å². The number of nitrogens with one attached hydrogen (secondary N) is 1. The Balaban J connectivity index is 3.55. The molecule has 0 aromatic heterocycles. The van der Waals surface area contributed by atoms with Crippen molar-refractivity contribution in [3.8, 4) is 0 Å². The zero-order valence-corrected chi connectivity index (χ0v) is 10.9. The Morgan fingerprint density at radius 3 is 2.38 bits per heavy atom. The minimum atomic E-state index is 0.00567. The van der Waals surface area contributed by atoms with Crippen LogP contribution in [0.5, 0.6) is 0 Å². The van der Waals surface area contributed by atoms with Gasteiger partial charge in [-0.1, -0.05) is 51.5 Å². The molecule has 0 aliphatic heterocycles. The molecule has 0 aliphatic rings. The van der Waals surface area contributed by atoms with Gasteiger partial charge < -0.3 is 5.32 Å². The van der Waals surface area contributed by atoms with Crippen molar-refractivity contribution in [3.63, 3.8) is 0 Å². The summed E-state index contributed by atoms with van der Waals surface area (Å²) in [6.45, 7) is 8.61. The van der Waals surface area contributed by atoms with E-state index in [1.54, 1.807) is 6.08 Å². The van der Waals surface area contributed by atoms with Gasteiger partial charge in [0.15, 0.2) is 0 Å². The van der Waals surface area contributed by atoms with E-state index in [9.17, 15) is 4.79 Å². The smallest absolute Gasteiger partial charge is 0.226 e. The number of rotatable bonds is 10. The first-order chi connectivity index (χ1) is 7.76. The van der Waals surface area contributed by atoms with Gasteiger partial charge in [-0.25, -0.2) is 0 Å². The van der Waals surface area contributed by atoms with Crippen molar-refractivity contribution >= 4 is 5.91 Å². The van der Waals surface area contributed by atoms with E-state index in [0.29, 0.717) is 6.54 Å². The molecule has 0 saturated carbocycles. The molecule has 1 amide bonds. The van der Waals surface area contributed by atoms with Crippen LogP contribution >= 0.6 is 0 Å². The van der Waals surface area contributed by atoms with Gasteiger partial charge in [-0.05, 0) is 13.3 Å². The first-order valence-corrected chi connectivity index (χ1v) is 6.66. The molecule has 0 bridgehead atoms. The Kier molecular flexibility index (Phi) is 10.2. The third-order valence-electron chi connectivity index (χ3n) is 2.84. The molecular formula is C14H27NO. The monoisotopic (exact) mass is 225 g/mol. The minimum absolute atomic E-state index is 0.00567. The summed E-state index contributed by atoms with van der Waals surface area (Å²) in [5.41, 5.74) is 0. The number of hydrogen-bond donors (Lipinski definition) is 1. The quantitative estimate of drug-likeness (QED) is 0.446. The normalized spacial score (nSPS) is 12.1. The fourth-order valence-corrected chi connectivity index (χ4v) is 1.81. The summed E-state index contributed by atoms with van der Waals surface area (Å²) < 4.78 is 0. The fraction of sp³-hybridized carbons (Fsp3) is 0.786. The van der Waals surface area contributed by atoms with Crippen LogP contribution in [0.4, 0.5) is 0 Å². The van der Waals surface area contributed by atoms with Crippen LogP contribution in [0, 0.1) is 5.92 Å². The van der Waals surface area contributed by atoms with Crippen molar-refractivity contribution in [2.75, 3.05) is 6.54 Å². The molecule has 0 aromatic rings. The highest BCUT2D eigenvalue weighted by atomic mass is 16.1. The number of hydrogen-bond acceptors (Lipinski definition) is 1. The molecule has 94 valence electrons. The molecule has 0 rings (SSSR count). The summed E-state index contributed by atoms with van der Waals surface area (Å²) >= 11 is 0. The summed E-state index contributed by atoms with van der Waals surface area (Å²) in [4.78, 5) is 11.6. The Labute approximate surface area is 101 Å². The molecule has 16 heavy (non-hydrogen) atoms. The summed E-state index contributed by atoms with van der Waals surface area (Å²) in [6.07, 6.45) is 10.3. The highest BCUT2D eigenvalue weighted by Gasteiger charge is 2.12. The van der Waals surface area contributed by atoms with Gasteiger partial charge >= 0.3 is 0 Å². The second kappa shape index (κ2) is 10.7. The predicted octanol–water partition coefficient (Wildman–Crippen LogP) is 3.68. The van der Waals surface area contributed by atoms with Crippen molar-refractivity contribution in [1.82, 2.24) is 5.32 Å². The van der Waals surface area contributed by atoms with Crippen molar-refractivity contribution in [2.45, 2.75) is 58.8 Å². The Morgan fingerprint density at radius 1 is 1.19 bits per heavy atom. The molecule has 0 heterocycles. The van der Waals surface area contributed by atoms with E-state index in [0.717, 1.165) is 12.8 Å². The first kappa shape index (κ1) is 15.2. The van der Waals surface area contributed by atoms with E-state index in [4.69, 9.17) is 0 Å². The minimum Gasteiger partial charge on any atom is -0.356 e. The van der Waals surface area contributed by atoms with Crippen LogP contribution in [-0.2, 0) is 4.79 Å². The average Bonchev–Trinajstić information content (AvgIpc) is 2.28. The fourth-order valence-electron chi connectivity index (χ4n) is 1.81. The van der Waals surface area contributed by atoms with Crippen molar-refractivity contribution < 1.29 is 4.79 Å². The summed E-state index contributed by atoms with van der Waals surface area (Å²) in [7, 11) is 0. The molecule has 0 fully saturated rings. The zero-order chi connectivity index (χ0) is 12.2. The van der Waals surface area contributed by atoms with E-state index in [-0.39, 0.29) is 11.8 Å². The average molecular weight is 225 g/mol. The maximum atomic E-state index is 11.6. The first-order valence-electron chi connectivity index (χ1n) is 6.66. The van der Waals surface area contributed by atoms with Crippen LogP contribution in [0.15, 0.2) is 12.7 Å². The lowest BCUT2D eigenvalue weighted by molar-refractivity contribution is -0.123. The molecule has 2 nitrogen and oxygen atoms in total. The van der Waals surface area contributed by atoms with Gasteiger partial charge in [0.25, 0.3) is 0 Å². The predicted molar refractivity (Wildman–Crippen MR) is 70.4 cm³/mol. The highest BCUT2D eigenvalue weighted by molar-refractivity contribution is 5.80. The van der Waals surface area contributed by atoms with Crippen LogP contribution in [0.1, 0.15) is 58.8 Å². The van der Waals surface area contributed by atoms with Crippen molar-refractivity contribution in [1.29, 1.82) is 0 Å². The van der Waals surface area contributed by atoms with Gasteiger partial charge in [0.05, 0.1) is 5.92 Å². The molecule has 1 atom stereocenters. The van der Waals surface area contributed by atoms with Crippen molar-refractivity contribution in [2.24, 2.45) is 5.92 Å². The van der Waals surface area contributed by atoms with Gasteiger partial charge in [-0.15, -0.1) is 6.58 Å². The lowest BCUT2D eigenvalue weighted by atomic mass is 9.99. The second-order valence-electron chi connectivity index (χ2n) is 4.29. The molecule has 0 aromatic carbocycles. The van der Waals surface area contributed by atoms with Gasteiger partial charge in [0.2, 0.25) is 5.91 Å². The lowest BCUT2D eigenvalue weighted by Crippen LogP contribution is -2.29. The molecule has 0 aliphatic carbocycles. The molecule has 1 unspecified atom stereocenters. The van der Waals surface area contributed by atoms with Crippen LogP contribution < -0.4 is 5.32 Å². The number of carbonyl (C=O) groups excluding carboxylic acids is 1. The zero-order valence-electron chi connectivity index (χ0n) is 10.9. The summed E-state index contributed by atoms with van der Waals surface area (Å²) in [5.74, 6) is 0.136. The Hall–Kier alpha value is -0.790. The molecule has 0 radical (unpaired) electrons. The number of amides is 1. The van der Waals surface area contributed by atoms with E-state index in [1.165, 1.54) is 32.1 Å². The second-order valence-corrected chi connectivity index (χ2v) is 4.29. The van der Waals surface area contributed by atoms with E-state index in [1.807, 2.05) is 6.92 Å². The van der Waals surface area contributed by atoms with Crippen LogP contribution in [0.25, 0.3) is 0 Å². The summed E-state index contributed by atoms with van der Waals surface area (Å²) in [5, 5.41) is 2.85. The van der Waals surface area contributed by atoms with Crippen LogP contribution in [0.3, 0.4) is 0 Å². The molecule has 1 N–H and O–H groups in total. The van der Waals surface area contributed by atoms with E-state index in [2.05, 4.69) is 18.8 Å².